The zero-order valence-corrected chi connectivity index (χ0v) is 14.9. The molecule has 6 atom stereocenters. The maximum atomic E-state index is 9.53. The molecule has 4 aliphatic carbocycles. The third-order valence-electron chi connectivity index (χ3n) is 7.86. The molecule has 5 aliphatic rings. The van der Waals surface area contributed by atoms with Gasteiger partial charge in [-0.1, -0.05) is 10.3 Å². The summed E-state index contributed by atoms with van der Waals surface area (Å²) in [5.74, 6) is 2.44. The van der Waals surface area contributed by atoms with E-state index in [0.717, 1.165) is 44.0 Å². The molecule has 6 nitrogen and oxygen atoms in total. The quantitative estimate of drug-likeness (QED) is 0.594. The van der Waals surface area contributed by atoms with E-state index < -0.39 is 0 Å². The molecule has 0 amide bonds. The largest absolute Gasteiger partial charge is 0.411 e. The van der Waals surface area contributed by atoms with E-state index >= 15 is 0 Å². The minimum Gasteiger partial charge on any atom is -0.411 e. The van der Waals surface area contributed by atoms with Gasteiger partial charge in [-0.15, -0.1) is 0 Å². The highest BCUT2D eigenvalue weighted by Gasteiger charge is 2.50. The third kappa shape index (κ3) is 2.44. The van der Waals surface area contributed by atoms with Crippen LogP contribution >= 0.6 is 0 Å². The van der Waals surface area contributed by atoms with Crippen molar-refractivity contribution in [3.8, 4) is 0 Å². The lowest BCUT2D eigenvalue weighted by atomic mass is 9.91. The second-order valence-corrected chi connectivity index (χ2v) is 8.91. The SMILES string of the molecule is O/N=C1/[C@H]2CC[C@@H](C2)[C@@H]1N1CCCN([C@H]2/C(=N\O)[C@H]3CC[C@H]2C3)CC1. The lowest BCUT2D eigenvalue weighted by Crippen LogP contribution is -2.49. The summed E-state index contributed by atoms with van der Waals surface area (Å²) in [4.78, 5) is 5.17. The number of rotatable bonds is 2. The zero-order chi connectivity index (χ0) is 17.0. The Morgan fingerprint density at radius 2 is 1.16 bits per heavy atom. The average Bonchev–Trinajstić information content (AvgIpc) is 3.39. The van der Waals surface area contributed by atoms with Gasteiger partial charge in [0.1, 0.15) is 0 Å². The molecule has 1 aliphatic heterocycles. The summed E-state index contributed by atoms with van der Waals surface area (Å²) in [6.45, 7) is 4.27. The van der Waals surface area contributed by atoms with Crippen LogP contribution in [0.4, 0.5) is 0 Å². The number of nitrogens with zero attached hydrogens (tertiary/aromatic N) is 4. The van der Waals surface area contributed by atoms with Crippen molar-refractivity contribution in [1.82, 2.24) is 9.80 Å². The van der Waals surface area contributed by atoms with E-state index in [1.807, 2.05) is 0 Å². The number of hydrogen-bond donors (Lipinski definition) is 2. The van der Waals surface area contributed by atoms with Crippen molar-refractivity contribution >= 4 is 11.4 Å². The fourth-order valence-corrected chi connectivity index (χ4v) is 6.88. The van der Waals surface area contributed by atoms with E-state index in [4.69, 9.17) is 0 Å². The minimum atomic E-state index is 0.370. The molecule has 0 aromatic heterocycles. The summed E-state index contributed by atoms with van der Waals surface area (Å²) < 4.78 is 0. The van der Waals surface area contributed by atoms with Crippen molar-refractivity contribution in [2.24, 2.45) is 34.0 Å². The fraction of sp³-hybridized carbons (Fsp3) is 0.895. The van der Waals surface area contributed by atoms with Crippen LogP contribution in [0, 0.1) is 23.7 Å². The van der Waals surface area contributed by atoms with E-state index in [1.165, 1.54) is 38.5 Å². The highest BCUT2D eigenvalue weighted by atomic mass is 16.4. The first-order valence-corrected chi connectivity index (χ1v) is 10.2. The Bertz CT molecular complexity index is 542. The van der Waals surface area contributed by atoms with Crippen LogP contribution in [0.25, 0.3) is 0 Å². The second kappa shape index (κ2) is 6.23. The molecule has 2 N–H and O–H groups in total. The van der Waals surface area contributed by atoms with E-state index in [1.54, 1.807) is 0 Å². The van der Waals surface area contributed by atoms with Gasteiger partial charge in [0, 0.05) is 38.0 Å². The maximum absolute atomic E-state index is 9.53. The molecule has 0 spiro atoms. The van der Waals surface area contributed by atoms with Crippen LogP contribution in [0.5, 0.6) is 0 Å². The molecule has 25 heavy (non-hydrogen) atoms. The molecule has 0 unspecified atom stereocenters. The molecule has 5 rings (SSSR count). The molecule has 138 valence electrons. The molecule has 0 radical (unpaired) electrons. The number of oxime groups is 2. The summed E-state index contributed by atoms with van der Waals surface area (Å²) in [5, 5.41) is 26.5. The van der Waals surface area contributed by atoms with Crippen molar-refractivity contribution in [3.05, 3.63) is 0 Å². The van der Waals surface area contributed by atoms with Crippen LogP contribution in [-0.2, 0) is 0 Å². The Hall–Kier alpha value is -1.14. The molecule has 0 aromatic rings. The highest BCUT2D eigenvalue weighted by Crippen LogP contribution is 2.47. The van der Waals surface area contributed by atoms with Gasteiger partial charge in [0.05, 0.1) is 23.5 Å². The smallest absolute Gasteiger partial charge is 0.0775 e. The molecule has 4 saturated carbocycles. The molecule has 1 heterocycles. The lowest BCUT2D eigenvalue weighted by Gasteiger charge is -2.35. The maximum Gasteiger partial charge on any atom is 0.0775 e. The van der Waals surface area contributed by atoms with Crippen molar-refractivity contribution in [1.29, 1.82) is 0 Å². The summed E-state index contributed by atoms with van der Waals surface area (Å²) in [5.41, 5.74) is 2.12. The molecule has 4 bridgehead atoms. The predicted molar refractivity (Wildman–Crippen MR) is 95.4 cm³/mol. The van der Waals surface area contributed by atoms with Gasteiger partial charge in [-0.05, 0) is 56.8 Å². The van der Waals surface area contributed by atoms with Crippen molar-refractivity contribution < 1.29 is 10.4 Å². The van der Waals surface area contributed by atoms with Crippen molar-refractivity contribution in [2.45, 2.75) is 57.0 Å². The van der Waals surface area contributed by atoms with Gasteiger partial charge in [-0.2, -0.15) is 0 Å². The van der Waals surface area contributed by atoms with Gasteiger partial charge in [-0.3, -0.25) is 9.80 Å². The molecule has 1 saturated heterocycles. The number of fused-ring (bicyclic) bond motifs is 4. The molecule has 0 aromatic carbocycles. The minimum absolute atomic E-state index is 0.370. The topological polar surface area (TPSA) is 71.7 Å². The van der Waals surface area contributed by atoms with Crippen LogP contribution in [0.2, 0.25) is 0 Å². The normalized spacial score (nSPS) is 48.0. The van der Waals surface area contributed by atoms with Gasteiger partial charge >= 0.3 is 0 Å². The van der Waals surface area contributed by atoms with Crippen LogP contribution in [0.1, 0.15) is 44.9 Å². The van der Waals surface area contributed by atoms with Crippen LogP contribution in [-0.4, -0.2) is 69.9 Å². The van der Waals surface area contributed by atoms with Crippen LogP contribution in [0.15, 0.2) is 10.3 Å². The summed E-state index contributed by atoms with van der Waals surface area (Å²) >= 11 is 0. The molecule has 6 heteroatoms. The van der Waals surface area contributed by atoms with E-state index in [9.17, 15) is 10.4 Å². The van der Waals surface area contributed by atoms with Gasteiger partial charge in [-0.25, -0.2) is 0 Å². The summed E-state index contributed by atoms with van der Waals surface area (Å²) in [6, 6.07) is 0.740. The van der Waals surface area contributed by atoms with Crippen LogP contribution in [0.3, 0.4) is 0 Å². The monoisotopic (exact) mass is 346 g/mol. The van der Waals surface area contributed by atoms with E-state index in [0.29, 0.717) is 35.8 Å². The zero-order valence-electron chi connectivity index (χ0n) is 14.9. The van der Waals surface area contributed by atoms with Crippen LogP contribution < -0.4 is 0 Å². The Balaban J connectivity index is 1.30. The van der Waals surface area contributed by atoms with Crippen molar-refractivity contribution in [2.75, 3.05) is 26.2 Å². The molecule has 5 fully saturated rings. The molecular weight excluding hydrogens is 316 g/mol. The van der Waals surface area contributed by atoms with Gasteiger partial charge in [0.15, 0.2) is 0 Å². The Morgan fingerprint density at radius 3 is 1.60 bits per heavy atom. The van der Waals surface area contributed by atoms with Gasteiger partial charge < -0.3 is 10.4 Å². The Kier molecular flexibility index (Phi) is 4.01. The van der Waals surface area contributed by atoms with Crippen molar-refractivity contribution in [3.63, 3.8) is 0 Å². The third-order valence-corrected chi connectivity index (χ3v) is 7.86. The van der Waals surface area contributed by atoms with E-state index in [-0.39, 0.29) is 0 Å². The predicted octanol–water partition coefficient (Wildman–Crippen LogP) is 2.25. The Morgan fingerprint density at radius 1 is 0.680 bits per heavy atom. The first-order chi connectivity index (χ1) is 12.3. The summed E-state index contributed by atoms with van der Waals surface area (Å²) in [6.07, 6.45) is 8.60. The van der Waals surface area contributed by atoms with Gasteiger partial charge in [0.2, 0.25) is 0 Å². The number of hydrogen-bond acceptors (Lipinski definition) is 6. The highest BCUT2D eigenvalue weighted by molar-refractivity contribution is 5.95. The van der Waals surface area contributed by atoms with Gasteiger partial charge in [0.25, 0.3) is 0 Å². The first-order valence-electron chi connectivity index (χ1n) is 10.2. The standard InChI is InChI=1S/C19H30N4O2/c24-20-16-12-2-4-14(10-12)18(16)22-6-1-7-23(9-8-22)19-15-5-3-13(11-15)17(19)21-25/h12-15,18-19,24-25H,1-11H2/b20-16-,21-17-/t12-,13-,14-,15-,18-,19+/m0/s1. The first kappa shape index (κ1) is 16.1. The molecular formula is C19H30N4O2. The summed E-state index contributed by atoms with van der Waals surface area (Å²) in [7, 11) is 0. The Labute approximate surface area is 149 Å². The van der Waals surface area contributed by atoms with E-state index in [2.05, 4.69) is 20.1 Å². The second-order valence-electron chi connectivity index (χ2n) is 8.91. The lowest BCUT2D eigenvalue weighted by molar-refractivity contribution is 0.173. The fourth-order valence-electron chi connectivity index (χ4n) is 6.88. The average molecular weight is 346 g/mol.